The largest absolute Gasteiger partial charge is 0.462 e. The molecule has 1 amide bonds. The Morgan fingerprint density at radius 3 is 2.44 bits per heavy atom. The van der Waals surface area contributed by atoms with Crippen molar-refractivity contribution in [2.45, 2.75) is 16.9 Å². The quantitative estimate of drug-likeness (QED) is 0.200. The van der Waals surface area contributed by atoms with Crippen LogP contribution in [0.4, 0.5) is 5.00 Å². The van der Waals surface area contributed by atoms with Crippen LogP contribution in [0.15, 0.2) is 60.0 Å². The van der Waals surface area contributed by atoms with E-state index >= 15 is 0 Å². The first-order valence-electron chi connectivity index (χ1n) is 9.44. The Balaban J connectivity index is 1.95. The average molecular weight is 532 g/mol. The summed E-state index contributed by atoms with van der Waals surface area (Å²) in [5, 5.41) is 8.23. The number of amides is 1. The number of rotatable bonds is 7. The van der Waals surface area contributed by atoms with Crippen LogP contribution in [-0.4, -0.2) is 28.4 Å². The van der Waals surface area contributed by atoms with Crippen molar-refractivity contribution in [2.24, 2.45) is 0 Å². The number of ether oxygens (including phenoxy) is 1. The summed E-state index contributed by atoms with van der Waals surface area (Å²) in [7, 11) is 0. The number of carbonyl (C=O) groups excluding carboxylic acids is 2. The number of carbonyl (C=O) groups is 2. The molecule has 2 aromatic carbocycles. The maximum absolute atomic E-state index is 12.8. The van der Waals surface area contributed by atoms with Gasteiger partial charge in [-0.25, -0.2) is 4.79 Å². The summed E-state index contributed by atoms with van der Waals surface area (Å²) in [5.74, 6) is -1.03. The molecule has 3 rings (SSSR count). The van der Waals surface area contributed by atoms with Crippen LogP contribution >= 0.6 is 57.7 Å². The van der Waals surface area contributed by atoms with E-state index in [1.807, 2.05) is 30.3 Å². The van der Waals surface area contributed by atoms with Crippen molar-refractivity contribution in [3.63, 3.8) is 0 Å². The molecule has 168 valence electrons. The SMILES string of the molecule is CCOC(=O)c1c(-c2ccccc2)csc1NC(NC(=O)c1cccc(Cl)c1)C(Cl)(Cl)Cl. The highest BCUT2D eigenvalue weighted by atomic mass is 35.6. The molecule has 1 aromatic heterocycles. The molecule has 0 fully saturated rings. The van der Waals surface area contributed by atoms with Crippen LogP contribution in [0.3, 0.4) is 0 Å². The zero-order chi connectivity index (χ0) is 23.3. The van der Waals surface area contributed by atoms with Crippen LogP contribution < -0.4 is 10.6 Å². The first-order valence-corrected chi connectivity index (χ1v) is 11.8. The van der Waals surface area contributed by atoms with Crippen LogP contribution in [0.1, 0.15) is 27.6 Å². The van der Waals surface area contributed by atoms with Crippen molar-refractivity contribution in [1.29, 1.82) is 0 Å². The van der Waals surface area contributed by atoms with Crippen LogP contribution in [0, 0.1) is 0 Å². The van der Waals surface area contributed by atoms with Gasteiger partial charge in [-0.3, -0.25) is 4.79 Å². The summed E-state index contributed by atoms with van der Waals surface area (Å²) >= 11 is 25.6. The Bertz CT molecular complexity index is 1100. The normalized spacial score (nSPS) is 12.2. The molecule has 2 N–H and O–H groups in total. The number of hydrogen-bond acceptors (Lipinski definition) is 5. The summed E-state index contributed by atoms with van der Waals surface area (Å²) in [4.78, 5) is 25.5. The van der Waals surface area contributed by atoms with Crippen molar-refractivity contribution in [2.75, 3.05) is 11.9 Å². The van der Waals surface area contributed by atoms with Crippen molar-refractivity contribution in [1.82, 2.24) is 5.32 Å². The minimum atomic E-state index is -1.93. The number of benzene rings is 2. The smallest absolute Gasteiger partial charge is 0.341 e. The standard InChI is InChI=1S/C22H18Cl4N2O3S/c1-2-31-20(30)17-16(13-7-4-3-5-8-13)12-32-19(17)28-21(22(24,25)26)27-18(29)14-9-6-10-15(23)11-14/h3-12,21,28H,2H2,1H3,(H,27,29). The van der Waals surface area contributed by atoms with Crippen LogP contribution in [-0.2, 0) is 4.74 Å². The van der Waals surface area contributed by atoms with Crippen molar-refractivity contribution in [3.05, 3.63) is 76.1 Å². The minimum absolute atomic E-state index is 0.196. The molecule has 10 heteroatoms. The molecule has 0 spiro atoms. The number of thiophene rings is 1. The Morgan fingerprint density at radius 2 is 1.81 bits per heavy atom. The third kappa shape index (κ3) is 6.09. The Kier molecular flexibility index (Phi) is 8.31. The molecule has 0 saturated heterocycles. The van der Waals surface area contributed by atoms with Gasteiger partial charge in [-0.15, -0.1) is 11.3 Å². The van der Waals surface area contributed by atoms with E-state index in [9.17, 15) is 9.59 Å². The molecule has 1 unspecified atom stereocenters. The Labute approximate surface area is 209 Å². The predicted octanol–water partition coefficient (Wildman–Crippen LogP) is 6.78. The second kappa shape index (κ2) is 10.8. The third-order valence-electron chi connectivity index (χ3n) is 4.32. The highest BCUT2D eigenvalue weighted by Crippen LogP contribution is 2.39. The molecular weight excluding hydrogens is 514 g/mol. The van der Waals surface area contributed by atoms with Gasteiger partial charge in [0.15, 0.2) is 0 Å². The van der Waals surface area contributed by atoms with Crippen molar-refractivity contribution < 1.29 is 14.3 Å². The van der Waals surface area contributed by atoms with Gasteiger partial charge in [-0.2, -0.15) is 0 Å². The zero-order valence-corrected chi connectivity index (χ0v) is 20.5. The maximum atomic E-state index is 12.8. The summed E-state index contributed by atoms with van der Waals surface area (Å²) in [6, 6.07) is 15.7. The lowest BCUT2D eigenvalue weighted by atomic mass is 10.0. The Hall–Kier alpha value is -1.96. The van der Waals surface area contributed by atoms with Gasteiger partial charge >= 0.3 is 5.97 Å². The number of alkyl halides is 3. The molecule has 0 aliphatic carbocycles. The lowest BCUT2D eigenvalue weighted by Gasteiger charge is -2.27. The van der Waals surface area contributed by atoms with Gasteiger partial charge in [0.05, 0.1) is 6.61 Å². The highest BCUT2D eigenvalue weighted by molar-refractivity contribution is 7.15. The lowest BCUT2D eigenvalue weighted by molar-refractivity contribution is 0.0529. The molecular formula is C22H18Cl4N2O3S. The summed E-state index contributed by atoms with van der Waals surface area (Å²) in [6.07, 6.45) is -1.16. The second-order valence-corrected chi connectivity index (χ2v) is 10.2. The van der Waals surface area contributed by atoms with E-state index in [0.29, 0.717) is 26.7 Å². The molecule has 1 heterocycles. The van der Waals surface area contributed by atoms with E-state index in [2.05, 4.69) is 10.6 Å². The number of anilines is 1. The third-order valence-corrected chi connectivity index (χ3v) is 6.12. The van der Waals surface area contributed by atoms with Gasteiger partial charge in [-0.1, -0.05) is 82.8 Å². The van der Waals surface area contributed by atoms with Crippen LogP contribution in [0.5, 0.6) is 0 Å². The van der Waals surface area contributed by atoms with Gasteiger partial charge in [0.1, 0.15) is 16.7 Å². The second-order valence-electron chi connectivity index (χ2n) is 6.54. The lowest BCUT2D eigenvalue weighted by Crippen LogP contribution is -2.49. The first kappa shape index (κ1) is 24.7. The van der Waals surface area contributed by atoms with Gasteiger partial charge < -0.3 is 15.4 Å². The first-order chi connectivity index (χ1) is 15.2. The number of hydrogen-bond donors (Lipinski definition) is 2. The summed E-state index contributed by atoms with van der Waals surface area (Å²) < 4.78 is 3.31. The van der Waals surface area contributed by atoms with Crippen molar-refractivity contribution >= 4 is 74.6 Å². The molecule has 0 radical (unpaired) electrons. The maximum Gasteiger partial charge on any atom is 0.341 e. The monoisotopic (exact) mass is 530 g/mol. The molecule has 0 saturated carbocycles. The number of halogens is 4. The van der Waals surface area contributed by atoms with E-state index in [4.69, 9.17) is 51.1 Å². The van der Waals surface area contributed by atoms with Crippen molar-refractivity contribution in [3.8, 4) is 11.1 Å². The van der Waals surface area contributed by atoms with Crippen LogP contribution in [0.2, 0.25) is 5.02 Å². The molecule has 0 bridgehead atoms. The van der Waals surface area contributed by atoms with Gasteiger partial charge in [-0.05, 0) is 30.7 Å². The molecule has 0 aliphatic rings. The van der Waals surface area contributed by atoms with Gasteiger partial charge in [0.25, 0.3) is 5.91 Å². The molecule has 32 heavy (non-hydrogen) atoms. The molecule has 1 atom stereocenters. The fourth-order valence-electron chi connectivity index (χ4n) is 2.88. The topological polar surface area (TPSA) is 67.4 Å². The highest BCUT2D eigenvalue weighted by Gasteiger charge is 2.36. The van der Waals surface area contributed by atoms with E-state index in [-0.39, 0.29) is 6.61 Å². The average Bonchev–Trinajstić information content (AvgIpc) is 3.17. The number of esters is 1. The zero-order valence-electron chi connectivity index (χ0n) is 16.7. The summed E-state index contributed by atoms with van der Waals surface area (Å²) in [6.45, 7) is 1.91. The fourth-order valence-corrected chi connectivity index (χ4v) is 4.38. The van der Waals surface area contributed by atoms with E-state index < -0.39 is 21.8 Å². The number of nitrogens with one attached hydrogen (secondary N) is 2. The minimum Gasteiger partial charge on any atom is -0.462 e. The summed E-state index contributed by atoms with van der Waals surface area (Å²) in [5.41, 5.74) is 2.08. The van der Waals surface area contributed by atoms with Gasteiger partial charge in [0, 0.05) is 21.5 Å². The van der Waals surface area contributed by atoms with E-state index in [1.165, 1.54) is 17.4 Å². The molecule has 3 aromatic rings. The van der Waals surface area contributed by atoms with E-state index in [0.717, 1.165) is 5.56 Å². The molecule has 5 nitrogen and oxygen atoms in total. The fraction of sp³-hybridized carbons (Fsp3) is 0.182. The van der Waals surface area contributed by atoms with Gasteiger partial charge in [0.2, 0.25) is 3.79 Å². The Morgan fingerprint density at radius 1 is 1.09 bits per heavy atom. The predicted molar refractivity (Wildman–Crippen MR) is 132 cm³/mol. The van der Waals surface area contributed by atoms with E-state index in [1.54, 1.807) is 30.5 Å². The van der Waals surface area contributed by atoms with Crippen LogP contribution in [0.25, 0.3) is 11.1 Å². The molecule has 0 aliphatic heterocycles.